The Labute approximate surface area is 103 Å². The van der Waals surface area contributed by atoms with E-state index in [2.05, 4.69) is 49.1 Å². The van der Waals surface area contributed by atoms with Crippen LogP contribution in [0.25, 0.3) is 0 Å². The number of likely N-dealkylation sites (tertiary alicyclic amines) is 1. The molecule has 1 nitrogen and oxygen atoms in total. The van der Waals surface area contributed by atoms with Gasteiger partial charge >= 0.3 is 0 Å². The molecule has 2 rings (SSSR count). The van der Waals surface area contributed by atoms with Crippen molar-refractivity contribution in [3.8, 4) is 0 Å². The average Bonchev–Trinajstić information content (AvgIpc) is 2.61. The van der Waals surface area contributed by atoms with Crippen molar-refractivity contribution in [3.05, 3.63) is 35.9 Å². The second kappa shape index (κ2) is 5.20. The molecule has 1 aliphatic rings. The van der Waals surface area contributed by atoms with Crippen molar-refractivity contribution in [2.24, 2.45) is 5.92 Å². The highest BCUT2D eigenvalue weighted by Gasteiger charge is 2.32. The number of hydrogen-bond acceptors (Lipinski definition) is 1. The van der Waals surface area contributed by atoms with Crippen LogP contribution >= 0.6 is 11.6 Å². The lowest BCUT2D eigenvalue weighted by atomic mass is 10.0. The van der Waals surface area contributed by atoms with E-state index in [9.17, 15) is 0 Å². The fourth-order valence-corrected chi connectivity index (χ4v) is 2.93. The van der Waals surface area contributed by atoms with Gasteiger partial charge in [-0.2, -0.15) is 0 Å². The third kappa shape index (κ3) is 2.78. The van der Waals surface area contributed by atoms with Gasteiger partial charge in [-0.15, -0.1) is 11.6 Å². The molecule has 2 heteroatoms. The van der Waals surface area contributed by atoms with Crippen LogP contribution in [0.2, 0.25) is 0 Å². The predicted octanol–water partition coefficient (Wildman–Crippen LogP) is 3.52. The van der Waals surface area contributed by atoms with Crippen molar-refractivity contribution < 1.29 is 0 Å². The van der Waals surface area contributed by atoms with Crippen LogP contribution in [0.4, 0.5) is 0 Å². The van der Waals surface area contributed by atoms with Crippen molar-refractivity contribution >= 4 is 11.6 Å². The van der Waals surface area contributed by atoms with Gasteiger partial charge in [-0.05, 0) is 17.9 Å². The van der Waals surface area contributed by atoms with E-state index in [1.165, 1.54) is 5.56 Å². The lowest BCUT2D eigenvalue weighted by molar-refractivity contribution is 0.199. The minimum Gasteiger partial charge on any atom is -0.294 e. The van der Waals surface area contributed by atoms with Crippen LogP contribution in [0.15, 0.2) is 30.3 Å². The summed E-state index contributed by atoms with van der Waals surface area (Å²) in [6.07, 6.45) is 1.13. The summed E-state index contributed by atoms with van der Waals surface area (Å²) >= 11 is 6.27. The average molecular weight is 238 g/mol. The van der Waals surface area contributed by atoms with Crippen LogP contribution in [0.5, 0.6) is 0 Å². The number of hydrogen-bond donors (Lipinski definition) is 0. The van der Waals surface area contributed by atoms with Gasteiger partial charge in [0.25, 0.3) is 0 Å². The summed E-state index contributed by atoms with van der Waals surface area (Å²) in [5.74, 6) is 0.687. The van der Waals surface area contributed by atoms with E-state index in [1.54, 1.807) is 0 Å². The van der Waals surface area contributed by atoms with Gasteiger partial charge in [0.1, 0.15) is 0 Å². The summed E-state index contributed by atoms with van der Waals surface area (Å²) in [4.78, 5) is 2.53. The Kier molecular flexibility index (Phi) is 3.88. The SMILES string of the molecule is CC(C)[C@H]1C[C@H](Cl)CN1Cc1ccccc1. The molecule has 0 N–H and O–H groups in total. The molecule has 0 aliphatic carbocycles. The zero-order valence-electron chi connectivity index (χ0n) is 10.1. The van der Waals surface area contributed by atoms with Gasteiger partial charge in [0.15, 0.2) is 0 Å². The molecule has 1 aliphatic heterocycles. The monoisotopic (exact) mass is 237 g/mol. The van der Waals surface area contributed by atoms with Gasteiger partial charge < -0.3 is 0 Å². The van der Waals surface area contributed by atoms with E-state index >= 15 is 0 Å². The first-order chi connectivity index (χ1) is 7.66. The highest BCUT2D eigenvalue weighted by Crippen LogP contribution is 2.28. The number of halogens is 1. The highest BCUT2D eigenvalue weighted by molar-refractivity contribution is 6.21. The lowest BCUT2D eigenvalue weighted by Gasteiger charge is -2.27. The third-order valence-electron chi connectivity index (χ3n) is 3.40. The number of alkyl halides is 1. The molecule has 1 saturated heterocycles. The molecule has 1 fully saturated rings. The Hall–Kier alpha value is -0.530. The minimum absolute atomic E-state index is 0.330. The Balaban J connectivity index is 2.03. The van der Waals surface area contributed by atoms with Crippen molar-refractivity contribution in [2.75, 3.05) is 6.54 Å². The van der Waals surface area contributed by atoms with Crippen LogP contribution in [0.1, 0.15) is 25.8 Å². The Morgan fingerprint density at radius 1 is 1.31 bits per heavy atom. The fraction of sp³-hybridized carbons (Fsp3) is 0.571. The smallest absolute Gasteiger partial charge is 0.0478 e. The largest absolute Gasteiger partial charge is 0.294 e. The van der Waals surface area contributed by atoms with Crippen LogP contribution < -0.4 is 0 Å². The Morgan fingerprint density at radius 3 is 2.62 bits per heavy atom. The molecule has 0 saturated carbocycles. The lowest BCUT2D eigenvalue weighted by Crippen LogP contribution is -2.32. The Bertz CT molecular complexity index is 323. The highest BCUT2D eigenvalue weighted by atomic mass is 35.5. The number of rotatable bonds is 3. The van der Waals surface area contributed by atoms with Gasteiger partial charge in [-0.3, -0.25) is 4.90 Å². The quantitative estimate of drug-likeness (QED) is 0.727. The maximum Gasteiger partial charge on any atom is 0.0478 e. The van der Waals surface area contributed by atoms with Crippen molar-refractivity contribution in [1.82, 2.24) is 4.90 Å². The topological polar surface area (TPSA) is 3.24 Å². The van der Waals surface area contributed by atoms with Crippen LogP contribution in [0.3, 0.4) is 0 Å². The predicted molar refractivity (Wildman–Crippen MR) is 69.7 cm³/mol. The van der Waals surface area contributed by atoms with Gasteiger partial charge in [-0.25, -0.2) is 0 Å². The maximum absolute atomic E-state index is 6.27. The second-order valence-corrected chi connectivity index (χ2v) is 5.68. The Morgan fingerprint density at radius 2 is 2.00 bits per heavy atom. The van der Waals surface area contributed by atoms with Crippen molar-refractivity contribution in [1.29, 1.82) is 0 Å². The molecule has 0 bridgehead atoms. The molecule has 16 heavy (non-hydrogen) atoms. The molecule has 0 aromatic heterocycles. The second-order valence-electron chi connectivity index (χ2n) is 5.06. The van der Waals surface area contributed by atoms with E-state index < -0.39 is 0 Å². The van der Waals surface area contributed by atoms with E-state index in [0.29, 0.717) is 17.3 Å². The molecular formula is C14H20ClN. The molecule has 1 aromatic carbocycles. The standard InChI is InChI=1S/C14H20ClN/c1-11(2)14-8-13(15)10-16(14)9-12-6-4-3-5-7-12/h3-7,11,13-14H,8-10H2,1-2H3/t13-,14+/m0/s1. The van der Waals surface area contributed by atoms with E-state index in [1.807, 2.05) is 0 Å². The van der Waals surface area contributed by atoms with Crippen LogP contribution in [0, 0.1) is 5.92 Å². The first-order valence-electron chi connectivity index (χ1n) is 6.09. The summed E-state index contributed by atoms with van der Waals surface area (Å²) < 4.78 is 0. The summed E-state index contributed by atoms with van der Waals surface area (Å²) in [7, 11) is 0. The maximum atomic E-state index is 6.27. The van der Waals surface area contributed by atoms with E-state index in [-0.39, 0.29) is 0 Å². The molecule has 1 aromatic rings. The van der Waals surface area contributed by atoms with E-state index in [0.717, 1.165) is 19.5 Å². The first kappa shape index (κ1) is 11.9. The van der Waals surface area contributed by atoms with Gasteiger partial charge in [-0.1, -0.05) is 44.2 Å². The summed E-state index contributed by atoms with van der Waals surface area (Å²) in [6, 6.07) is 11.3. The molecule has 0 radical (unpaired) electrons. The number of benzene rings is 1. The van der Waals surface area contributed by atoms with Crippen LogP contribution in [-0.2, 0) is 6.54 Å². The van der Waals surface area contributed by atoms with Crippen molar-refractivity contribution in [3.63, 3.8) is 0 Å². The first-order valence-corrected chi connectivity index (χ1v) is 6.52. The zero-order valence-corrected chi connectivity index (χ0v) is 10.8. The molecule has 1 heterocycles. The van der Waals surface area contributed by atoms with Crippen molar-refractivity contribution in [2.45, 2.75) is 38.2 Å². The summed E-state index contributed by atoms with van der Waals surface area (Å²) in [6.45, 7) is 6.64. The van der Waals surface area contributed by atoms with Gasteiger partial charge in [0.2, 0.25) is 0 Å². The van der Waals surface area contributed by atoms with Gasteiger partial charge in [0, 0.05) is 24.5 Å². The summed E-state index contributed by atoms with van der Waals surface area (Å²) in [5.41, 5.74) is 1.39. The molecule has 88 valence electrons. The number of nitrogens with zero attached hydrogens (tertiary/aromatic N) is 1. The minimum atomic E-state index is 0.330. The summed E-state index contributed by atoms with van der Waals surface area (Å²) in [5, 5.41) is 0.330. The molecule has 0 spiro atoms. The zero-order chi connectivity index (χ0) is 11.5. The van der Waals surface area contributed by atoms with Crippen LogP contribution in [-0.4, -0.2) is 22.9 Å². The van der Waals surface area contributed by atoms with E-state index in [4.69, 9.17) is 11.6 Å². The fourth-order valence-electron chi connectivity index (χ4n) is 2.57. The third-order valence-corrected chi connectivity index (χ3v) is 3.71. The van der Waals surface area contributed by atoms with Gasteiger partial charge in [0.05, 0.1) is 0 Å². The molecule has 0 unspecified atom stereocenters. The molecule has 0 amide bonds. The molecule has 2 atom stereocenters. The molecular weight excluding hydrogens is 218 g/mol. The normalized spacial score (nSPS) is 26.5.